The Labute approximate surface area is 166 Å². The number of nitrogens with one attached hydrogen (secondary N) is 1. The van der Waals surface area contributed by atoms with Crippen LogP contribution < -0.4 is 24.4 Å². The van der Waals surface area contributed by atoms with E-state index in [1.54, 1.807) is 12.1 Å². The zero-order chi connectivity index (χ0) is 20.1. The number of piperidine rings is 1. The Kier molecular flexibility index (Phi) is 6.29. The van der Waals surface area contributed by atoms with Crippen molar-refractivity contribution in [1.29, 1.82) is 0 Å². The minimum Gasteiger partial charge on any atom is -0.493 e. The zero-order valence-corrected chi connectivity index (χ0v) is 17.0. The Morgan fingerprint density at radius 3 is 2.18 bits per heavy atom. The molecule has 6 heteroatoms. The molecule has 1 N–H and O–H groups in total. The van der Waals surface area contributed by atoms with Crippen LogP contribution in [0.1, 0.15) is 36.5 Å². The molecule has 28 heavy (non-hydrogen) atoms. The molecule has 1 aliphatic heterocycles. The first kappa shape index (κ1) is 19.9. The van der Waals surface area contributed by atoms with Gasteiger partial charge in [-0.05, 0) is 62.6 Å². The number of benzene rings is 2. The van der Waals surface area contributed by atoms with E-state index in [4.69, 9.17) is 14.2 Å². The van der Waals surface area contributed by atoms with Gasteiger partial charge in [0, 0.05) is 29.5 Å². The number of hydrogen-bond donors (Lipinski definition) is 1. The van der Waals surface area contributed by atoms with Crippen LogP contribution in [0.4, 0.5) is 11.4 Å². The van der Waals surface area contributed by atoms with Gasteiger partial charge in [-0.1, -0.05) is 0 Å². The van der Waals surface area contributed by atoms with E-state index < -0.39 is 0 Å². The summed E-state index contributed by atoms with van der Waals surface area (Å²) in [4.78, 5) is 15.1. The highest BCUT2D eigenvalue weighted by atomic mass is 16.5. The number of rotatable bonds is 6. The summed E-state index contributed by atoms with van der Waals surface area (Å²) in [5, 5.41) is 2.93. The van der Waals surface area contributed by atoms with Crippen molar-refractivity contribution in [2.75, 3.05) is 38.1 Å². The second kappa shape index (κ2) is 8.87. The van der Waals surface area contributed by atoms with Crippen molar-refractivity contribution in [1.82, 2.24) is 0 Å². The van der Waals surface area contributed by atoms with Crippen molar-refractivity contribution in [3.8, 4) is 17.2 Å². The van der Waals surface area contributed by atoms with Gasteiger partial charge in [-0.3, -0.25) is 4.79 Å². The highest BCUT2D eigenvalue weighted by Crippen LogP contribution is 2.38. The number of carbonyl (C=O) groups excluding carboxylic acids is 1. The molecule has 0 saturated carbocycles. The number of amides is 1. The summed E-state index contributed by atoms with van der Waals surface area (Å²) in [6, 6.07) is 11.8. The molecule has 1 aliphatic rings. The fourth-order valence-electron chi connectivity index (χ4n) is 3.63. The maximum absolute atomic E-state index is 12.7. The normalized spacial score (nSPS) is 16.4. The lowest BCUT2D eigenvalue weighted by molar-refractivity contribution is 0.102. The Hall–Kier alpha value is -2.89. The van der Waals surface area contributed by atoms with Crippen molar-refractivity contribution >= 4 is 17.3 Å². The lowest BCUT2D eigenvalue weighted by Gasteiger charge is -2.35. The van der Waals surface area contributed by atoms with Gasteiger partial charge >= 0.3 is 0 Å². The molecule has 2 aromatic rings. The van der Waals surface area contributed by atoms with E-state index in [2.05, 4.69) is 29.3 Å². The van der Waals surface area contributed by atoms with Crippen molar-refractivity contribution < 1.29 is 19.0 Å². The van der Waals surface area contributed by atoms with E-state index in [0.717, 1.165) is 12.2 Å². The minimum atomic E-state index is -0.238. The highest BCUT2D eigenvalue weighted by Gasteiger charge is 2.19. The molecule has 0 radical (unpaired) electrons. The van der Waals surface area contributed by atoms with Gasteiger partial charge in [0.05, 0.1) is 21.3 Å². The topological polar surface area (TPSA) is 60.0 Å². The number of anilines is 2. The first-order chi connectivity index (χ1) is 13.6. The van der Waals surface area contributed by atoms with Crippen molar-refractivity contribution in [2.45, 2.75) is 32.2 Å². The average molecular weight is 384 g/mol. The molecule has 6 nitrogen and oxygen atoms in total. The van der Waals surface area contributed by atoms with Gasteiger partial charge in [-0.15, -0.1) is 0 Å². The molecule has 0 bridgehead atoms. The fourth-order valence-corrected chi connectivity index (χ4v) is 3.63. The molecule has 0 aromatic heterocycles. The first-order valence-corrected chi connectivity index (χ1v) is 9.55. The van der Waals surface area contributed by atoms with Crippen LogP contribution in [0.15, 0.2) is 36.4 Å². The zero-order valence-electron chi connectivity index (χ0n) is 17.0. The molecular formula is C22H28N2O4. The second-order valence-electron chi connectivity index (χ2n) is 6.95. The van der Waals surface area contributed by atoms with Gasteiger partial charge in [0.15, 0.2) is 11.5 Å². The molecule has 0 unspecified atom stereocenters. The number of hydrogen-bond acceptors (Lipinski definition) is 5. The van der Waals surface area contributed by atoms with E-state index in [9.17, 15) is 4.79 Å². The van der Waals surface area contributed by atoms with Crippen molar-refractivity contribution in [3.63, 3.8) is 0 Å². The smallest absolute Gasteiger partial charge is 0.255 e. The third kappa shape index (κ3) is 4.16. The molecule has 1 fully saturated rings. The van der Waals surface area contributed by atoms with Crippen molar-refractivity contribution in [3.05, 3.63) is 42.0 Å². The van der Waals surface area contributed by atoms with Crippen LogP contribution in [-0.4, -0.2) is 39.8 Å². The summed E-state index contributed by atoms with van der Waals surface area (Å²) in [6.07, 6.45) is 3.74. The van der Waals surface area contributed by atoms with Crippen LogP contribution in [0.3, 0.4) is 0 Å². The number of ether oxygens (including phenoxy) is 3. The van der Waals surface area contributed by atoms with Crippen LogP contribution >= 0.6 is 0 Å². The average Bonchev–Trinajstić information content (AvgIpc) is 2.73. The van der Waals surface area contributed by atoms with Crippen LogP contribution in [0.5, 0.6) is 17.2 Å². The molecule has 1 atom stereocenters. The molecule has 1 saturated heterocycles. The maximum Gasteiger partial charge on any atom is 0.255 e. The molecule has 1 heterocycles. The predicted octanol–water partition coefficient (Wildman–Crippen LogP) is 4.34. The van der Waals surface area contributed by atoms with Gasteiger partial charge in [0.2, 0.25) is 5.75 Å². The van der Waals surface area contributed by atoms with Gasteiger partial charge in [0.1, 0.15) is 0 Å². The number of methoxy groups -OCH3 is 3. The minimum absolute atomic E-state index is 0.238. The van der Waals surface area contributed by atoms with Gasteiger partial charge < -0.3 is 24.4 Å². The Bertz CT molecular complexity index is 795. The van der Waals surface area contributed by atoms with E-state index in [1.807, 2.05) is 12.1 Å². The standard InChI is InChI=1S/C22H28N2O4/c1-15-7-5-6-12-24(15)18-10-8-17(9-11-18)23-22(25)16-13-19(26-2)21(28-4)20(14-16)27-3/h8-11,13-15H,5-7,12H2,1-4H3,(H,23,25)/t15-/m1/s1. The van der Waals surface area contributed by atoms with E-state index in [-0.39, 0.29) is 5.91 Å². The lowest BCUT2D eigenvalue weighted by atomic mass is 10.0. The summed E-state index contributed by atoms with van der Waals surface area (Å²) < 4.78 is 15.9. The second-order valence-corrected chi connectivity index (χ2v) is 6.95. The van der Waals surface area contributed by atoms with Crippen LogP contribution in [0.2, 0.25) is 0 Å². The monoisotopic (exact) mass is 384 g/mol. The quantitative estimate of drug-likeness (QED) is 0.803. The Morgan fingerprint density at radius 1 is 1.00 bits per heavy atom. The molecule has 2 aromatic carbocycles. The Balaban J connectivity index is 1.76. The number of carbonyl (C=O) groups is 1. The molecular weight excluding hydrogens is 356 g/mol. The summed E-state index contributed by atoms with van der Waals surface area (Å²) in [5.74, 6) is 1.11. The van der Waals surface area contributed by atoms with Crippen LogP contribution in [0, 0.1) is 0 Å². The third-order valence-electron chi connectivity index (χ3n) is 5.19. The Morgan fingerprint density at radius 2 is 1.64 bits per heavy atom. The molecule has 0 spiro atoms. The van der Waals surface area contributed by atoms with Gasteiger partial charge in [-0.25, -0.2) is 0 Å². The summed E-state index contributed by atoms with van der Waals surface area (Å²) >= 11 is 0. The summed E-state index contributed by atoms with van der Waals surface area (Å²) in [6.45, 7) is 3.34. The van der Waals surface area contributed by atoms with E-state index >= 15 is 0 Å². The van der Waals surface area contributed by atoms with Crippen molar-refractivity contribution in [2.24, 2.45) is 0 Å². The van der Waals surface area contributed by atoms with Gasteiger partial charge in [-0.2, -0.15) is 0 Å². The molecule has 3 rings (SSSR count). The molecule has 1 amide bonds. The van der Waals surface area contributed by atoms with E-state index in [0.29, 0.717) is 28.9 Å². The van der Waals surface area contributed by atoms with Gasteiger partial charge in [0.25, 0.3) is 5.91 Å². The lowest BCUT2D eigenvalue weighted by Crippen LogP contribution is -2.37. The largest absolute Gasteiger partial charge is 0.493 e. The summed E-state index contributed by atoms with van der Waals surface area (Å²) in [5.41, 5.74) is 2.37. The highest BCUT2D eigenvalue weighted by molar-refractivity contribution is 6.05. The molecule has 0 aliphatic carbocycles. The predicted molar refractivity (Wildman–Crippen MR) is 111 cm³/mol. The van der Waals surface area contributed by atoms with Crippen LogP contribution in [-0.2, 0) is 0 Å². The fraction of sp³-hybridized carbons (Fsp3) is 0.409. The summed E-state index contributed by atoms with van der Waals surface area (Å²) in [7, 11) is 4.59. The number of nitrogens with zero attached hydrogens (tertiary/aromatic N) is 1. The molecule has 150 valence electrons. The SMILES string of the molecule is COc1cc(C(=O)Nc2ccc(N3CCCC[C@H]3C)cc2)cc(OC)c1OC. The first-order valence-electron chi connectivity index (χ1n) is 9.55. The van der Waals surface area contributed by atoms with Crippen LogP contribution in [0.25, 0.3) is 0 Å². The third-order valence-corrected chi connectivity index (χ3v) is 5.19. The maximum atomic E-state index is 12.7. The van der Waals surface area contributed by atoms with E-state index in [1.165, 1.54) is 46.3 Å².